The molecule has 174 valence electrons. The average molecular weight is 432 g/mol. The van der Waals surface area contributed by atoms with Gasteiger partial charge in [-0.1, -0.05) is 19.1 Å². The van der Waals surface area contributed by atoms with E-state index in [1.165, 1.54) is 38.0 Å². The fourth-order valence-corrected chi connectivity index (χ4v) is 4.51. The third-order valence-corrected chi connectivity index (χ3v) is 6.22. The number of methoxy groups -OCH3 is 1. The van der Waals surface area contributed by atoms with E-state index >= 15 is 0 Å². The Kier molecular flexibility index (Phi) is 9.90. The van der Waals surface area contributed by atoms with Crippen LogP contribution < -0.4 is 15.4 Å². The quantitative estimate of drug-likeness (QED) is 0.438. The van der Waals surface area contributed by atoms with Crippen LogP contribution in [0.15, 0.2) is 29.3 Å². The highest BCUT2D eigenvalue weighted by Gasteiger charge is 2.24. The van der Waals surface area contributed by atoms with E-state index in [-0.39, 0.29) is 6.04 Å². The van der Waals surface area contributed by atoms with E-state index in [2.05, 4.69) is 46.4 Å². The zero-order valence-corrected chi connectivity index (χ0v) is 19.6. The minimum atomic E-state index is 0.233. The Morgan fingerprint density at radius 3 is 2.61 bits per heavy atom. The molecule has 0 aromatic heterocycles. The summed E-state index contributed by atoms with van der Waals surface area (Å²) < 4.78 is 10.9. The van der Waals surface area contributed by atoms with Crippen LogP contribution in [0.5, 0.6) is 5.75 Å². The molecular weight excluding hydrogens is 390 g/mol. The topological polar surface area (TPSA) is 61.4 Å². The SMILES string of the molecule is CCCN1CCC(CNC(=NCC(c2ccc(OC)cc2)N2CCOCC2)NCC)C1. The van der Waals surface area contributed by atoms with Crippen molar-refractivity contribution in [3.05, 3.63) is 29.8 Å². The molecule has 0 spiro atoms. The van der Waals surface area contributed by atoms with E-state index in [0.717, 1.165) is 51.1 Å². The largest absolute Gasteiger partial charge is 0.497 e. The zero-order valence-electron chi connectivity index (χ0n) is 19.6. The molecule has 2 aliphatic rings. The van der Waals surface area contributed by atoms with Gasteiger partial charge in [0.05, 0.1) is 32.9 Å². The molecule has 2 unspecified atom stereocenters. The molecule has 1 aromatic carbocycles. The van der Waals surface area contributed by atoms with E-state index in [0.29, 0.717) is 12.5 Å². The molecule has 7 heteroatoms. The summed E-state index contributed by atoms with van der Waals surface area (Å²) in [5, 5.41) is 7.04. The van der Waals surface area contributed by atoms with Crippen molar-refractivity contribution in [1.29, 1.82) is 0 Å². The second kappa shape index (κ2) is 12.9. The van der Waals surface area contributed by atoms with Crippen LogP contribution in [-0.4, -0.2) is 88.4 Å². The van der Waals surface area contributed by atoms with Crippen molar-refractivity contribution in [2.24, 2.45) is 10.9 Å². The Hall–Kier alpha value is -1.83. The molecule has 2 fully saturated rings. The van der Waals surface area contributed by atoms with E-state index in [9.17, 15) is 0 Å². The highest BCUT2D eigenvalue weighted by atomic mass is 16.5. The van der Waals surface area contributed by atoms with Gasteiger partial charge in [-0.25, -0.2) is 0 Å². The molecule has 0 bridgehead atoms. The van der Waals surface area contributed by atoms with Crippen LogP contribution in [0.2, 0.25) is 0 Å². The van der Waals surface area contributed by atoms with Gasteiger partial charge in [-0.2, -0.15) is 0 Å². The number of rotatable bonds is 10. The van der Waals surface area contributed by atoms with Crippen LogP contribution in [0.3, 0.4) is 0 Å². The smallest absolute Gasteiger partial charge is 0.191 e. The van der Waals surface area contributed by atoms with Gasteiger partial charge in [0.25, 0.3) is 0 Å². The second-order valence-corrected chi connectivity index (χ2v) is 8.49. The number of ether oxygens (including phenoxy) is 2. The standard InChI is InChI=1S/C24H41N5O2/c1-4-11-28-12-10-20(19-28)17-26-24(25-5-2)27-18-23(29-13-15-31-16-14-29)21-6-8-22(30-3)9-7-21/h6-9,20,23H,4-5,10-19H2,1-3H3,(H2,25,26,27). The minimum absolute atomic E-state index is 0.233. The third kappa shape index (κ3) is 7.37. The van der Waals surface area contributed by atoms with Crippen molar-refractivity contribution < 1.29 is 9.47 Å². The molecule has 2 N–H and O–H groups in total. The van der Waals surface area contributed by atoms with Gasteiger partial charge in [0.15, 0.2) is 5.96 Å². The van der Waals surface area contributed by atoms with Crippen LogP contribution >= 0.6 is 0 Å². The summed E-state index contributed by atoms with van der Waals surface area (Å²) in [6.07, 6.45) is 2.51. The minimum Gasteiger partial charge on any atom is -0.497 e. The maximum Gasteiger partial charge on any atom is 0.191 e. The van der Waals surface area contributed by atoms with Gasteiger partial charge in [0.2, 0.25) is 0 Å². The summed E-state index contributed by atoms with van der Waals surface area (Å²) in [7, 11) is 1.71. The van der Waals surface area contributed by atoms with Crippen molar-refractivity contribution in [3.63, 3.8) is 0 Å². The first-order chi connectivity index (χ1) is 15.2. The van der Waals surface area contributed by atoms with E-state index < -0.39 is 0 Å². The van der Waals surface area contributed by atoms with Gasteiger partial charge < -0.3 is 25.0 Å². The summed E-state index contributed by atoms with van der Waals surface area (Å²) in [6.45, 7) is 14.0. The summed E-state index contributed by atoms with van der Waals surface area (Å²) >= 11 is 0. The first kappa shape index (κ1) is 23.8. The van der Waals surface area contributed by atoms with Crippen LogP contribution in [-0.2, 0) is 4.74 Å². The summed E-state index contributed by atoms with van der Waals surface area (Å²) in [4.78, 5) is 10.1. The van der Waals surface area contributed by atoms with Crippen molar-refractivity contribution in [2.45, 2.75) is 32.7 Å². The van der Waals surface area contributed by atoms with E-state index in [4.69, 9.17) is 14.5 Å². The molecule has 2 atom stereocenters. The fourth-order valence-electron chi connectivity index (χ4n) is 4.51. The van der Waals surface area contributed by atoms with Crippen LogP contribution in [0.25, 0.3) is 0 Å². The Morgan fingerprint density at radius 1 is 1.16 bits per heavy atom. The number of aliphatic imine (C=N–C) groups is 1. The van der Waals surface area contributed by atoms with Crippen molar-refractivity contribution in [1.82, 2.24) is 20.4 Å². The van der Waals surface area contributed by atoms with Gasteiger partial charge >= 0.3 is 0 Å². The number of likely N-dealkylation sites (tertiary alicyclic amines) is 1. The first-order valence-electron chi connectivity index (χ1n) is 11.9. The Bertz CT molecular complexity index is 660. The Labute approximate surface area is 188 Å². The number of benzene rings is 1. The normalized spacial score (nSPS) is 21.8. The van der Waals surface area contributed by atoms with Gasteiger partial charge in [-0.3, -0.25) is 9.89 Å². The molecule has 0 saturated carbocycles. The first-order valence-corrected chi connectivity index (χ1v) is 11.9. The number of hydrogen-bond acceptors (Lipinski definition) is 5. The molecule has 0 amide bonds. The molecule has 2 saturated heterocycles. The van der Waals surface area contributed by atoms with E-state index in [1.807, 2.05) is 12.1 Å². The van der Waals surface area contributed by atoms with Crippen molar-refractivity contribution in [2.75, 3.05) is 72.7 Å². The molecular formula is C24H41N5O2. The third-order valence-electron chi connectivity index (χ3n) is 6.22. The lowest BCUT2D eigenvalue weighted by molar-refractivity contribution is 0.0179. The predicted molar refractivity (Wildman–Crippen MR) is 127 cm³/mol. The zero-order chi connectivity index (χ0) is 21.9. The molecule has 2 aliphatic heterocycles. The number of nitrogens with one attached hydrogen (secondary N) is 2. The molecule has 2 heterocycles. The number of morpholine rings is 1. The lowest BCUT2D eigenvalue weighted by Gasteiger charge is -2.34. The Balaban J connectivity index is 1.63. The molecule has 0 aliphatic carbocycles. The second-order valence-electron chi connectivity index (χ2n) is 8.49. The molecule has 0 radical (unpaired) electrons. The molecule has 3 rings (SSSR count). The van der Waals surface area contributed by atoms with Gasteiger partial charge in [0.1, 0.15) is 5.75 Å². The van der Waals surface area contributed by atoms with Crippen molar-refractivity contribution in [3.8, 4) is 5.75 Å². The van der Waals surface area contributed by atoms with Crippen molar-refractivity contribution >= 4 is 5.96 Å². The predicted octanol–water partition coefficient (Wildman–Crippen LogP) is 2.36. The Morgan fingerprint density at radius 2 is 1.94 bits per heavy atom. The lowest BCUT2D eigenvalue weighted by atomic mass is 10.0. The molecule has 1 aromatic rings. The summed E-state index contributed by atoms with van der Waals surface area (Å²) in [6, 6.07) is 8.64. The maximum atomic E-state index is 5.58. The summed E-state index contributed by atoms with van der Waals surface area (Å²) in [5.41, 5.74) is 1.27. The van der Waals surface area contributed by atoms with Crippen LogP contribution in [0.4, 0.5) is 0 Å². The highest BCUT2D eigenvalue weighted by Crippen LogP contribution is 2.24. The number of hydrogen-bond donors (Lipinski definition) is 2. The monoisotopic (exact) mass is 431 g/mol. The van der Waals surface area contributed by atoms with E-state index in [1.54, 1.807) is 7.11 Å². The van der Waals surface area contributed by atoms with Gasteiger partial charge in [0, 0.05) is 32.7 Å². The molecule has 31 heavy (non-hydrogen) atoms. The lowest BCUT2D eigenvalue weighted by Crippen LogP contribution is -2.42. The highest BCUT2D eigenvalue weighted by molar-refractivity contribution is 5.79. The van der Waals surface area contributed by atoms with Crippen LogP contribution in [0.1, 0.15) is 38.3 Å². The number of guanidine groups is 1. The molecule has 7 nitrogen and oxygen atoms in total. The maximum absolute atomic E-state index is 5.58. The summed E-state index contributed by atoms with van der Waals surface area (Å²) in [5.74, 6) is 2.51. The van der Waals surface area contributed by atoms with Crippen LogP contribution in [0, 0.1) is 5.92 Å². The average Bonchev–Trinajstić information content (AvgIpc) is 3.26. The number of nitrogens with zero attached hydrogens (tertiary/aromatic N) is 3. The van der Waals surface area contributed by atoms with Gasteiger partial charge in [-0.05, 0) is 56.5 Å². The fraction of sp³-hybridized carbons (Fsp3) is 0.708. The van der Waals surface area contributed by atoms with Gasteiger partial charge in [-0.15, -0.1) is 0 Å².